The summed E-state index contributed by atoms with van der Waals surface area (Å²) in [6, 6.07) is 18.1. The van der Waals surface area contributed by atoms with Crippen LogP contribution in [0.25, 0.3) is 11.1 Å². The number of nitrogens with one attached hydrogen (secondary N) is 1. The van der Waals surface area contributed by atoms with Crippen molar-refractivity contribution in [3.05, 3.63) is 60.2 Å². The van der Waals surface area contributed by atoms with Gasteiger partial charge in [0.05, 0.1) is 5.92 Å². The third kappa shape index (κ3) is 5.01. The zero-order valence-electron chi connectivity index (χ0n) is 18.6. The molecule has 168 valence electrons. The topological polar surface area (TPSA) is 69.7 Å². The third-order valence-electron chi connectivity index (χ3n) is 6.38. The highest BCUT2D eigenvalue weighted by molar-refractivity contribution is 5.91. The molecule has 0 aliphatic carbocycles. The molecule has 2 atom stereocenters. The monoisotopic (exact) mass is 433 g/mol. The maximum absolute atomic E-state index is 13.3. The number of carbonyl (C=O) groups excluding carboxylic acids is 3. The van der Waals surface area contributed by atoms with Crippen molar-refractivity contribution in [1.82, 2.24) is 15.1 Å². The summed E-state index contributed by atoms with van der Waals surface area (Å²) in [5.41, 5.74) is 3.39. The fraction of sp³-hybridized carbons (Fsp3) is 0.423. The Balaban J connectivity index is 1.50. The van der Waals surface area contributed by atoms with Gasteiger partial charge in [0.15, 0.2) is 0 Å². The van der Waals surface area contributed by atoms with Crippen molar-refractivity contribution in [3.8, 4) is 11.1 Å². The Morgan fingerprint density at radius 3 is 2.38 bits per heavy atom. The number of hydrogen-bond acceptors (Lipinski definition) is 3. The normalized spacial score (nSPS) is 21.4. The van der Waals surface area contributed by atoms with Crippen LogP contribution < -0.4 is 5.32 Å². The Labute approximate surface area is 189 Å². The summed E-state index contributed by atoms with van der Waals surface area (Å²) in [7, 11) is 0. The van der Waals surface area contributed by atoms with Crippen molar-refractivity contribution in [3.63, 3.8) is 0 Å². The van der Waals surface area contributed by atoms with Crippen LogP contribution in [0.5, 0.6) is 0 Å². The number of rotatable bonds is 6. The Kier molecular flexibility index (Phi) is 6.88. The molecular formula is C26H31N3O3. The van der Waals surface area contributed by atoms with E-state index in [1.165, 1.54) is 0 Å². The van der Waals surface area contributed by atoms with Crippen molar-refractivity contribution in [2.45, 2.75) is 38.6 Å². The van der Waals surface area contributed by atoms with Crippen molar-refractivity contribution in [2.75, 3.05) is 26.2 Å². The van der Waals surface area contributed by atoms with Gasteiger partial charge >= 0.3 is 0 Å². The van der Waals surface area contributed by atoms with Gasteiger partial charge in [0.25, 0.3) is 0 Å². The quantitative estimate of drug-likeness (QED) is 0.762. The standard InChI is InChI=1S/C26H31N3O3/c1-2-14-28-15-16-29(26(32)23-12-13-24(30)27-23)18-22(25(28)31)17-19-8-10-21(11-9-19)20-6-4-3-5-7-20/h3-11,22-23H,2,12-18H2,1H3,(H,27,30). The lowest BCUT2D eigenvalue weighted by molar-refractivity contribution is -0.136. The SMILES string of the molecule is CCCN1CCN(C(=O)C2CCC(=O)N2)CC(Cc2ccc(-c3ccccc3)cc2)C1=O. The second-order valence-electron chi connectivity index (χ2n) is 8.73. The molecule has 0 bridgehead atoms. The molecule has 6 heteroatoms. The van der Waals surface area contributed by atoms with Crippen LogP contribution in [0.15, 0.2) is 54.6 Å². The first-order valence-electron chi connectivity index (χ1n) is 11.6. The van der Waals surface area contributed by atoms with E-state index >= 15 is 0 Å². The van der Waals surface area contributed by atoms with Gasteiger partial charge in [-0.05, 0) is 36.0 Å². The van der Waals surface area contributed by atoms with Gasteiger partial charge in [-0.3, -0.25) is 14.4 Å². The van der Waals surface area contributed by atoms with Crippen LogP contribution in [0.4, 0.5) is 0 Å². The molecule has 1 N–H and O–H groups in total. The predicted octanol–water partition coefficient (Wildman–Crippen LogP) is 2.87. The van der Waals surface area contributed by atoms with E-state index < -0.39 is 6.04 Å². The summed E-state index contributed by atoms with van der Waals surface area (Å²) in [6.45, 7) is 4.21. The first kappa shape index (κ1) is 22.1. The van der Waals surface area contributed by atoms with Gasteiger partial charge < -0.3 is 15.1 Å². The van der Waals surface area contributed by atoms with Crippen LogP contribution in [-0.2, 0) is 20.8 Å². The Hall–Kier alpha value is -3.15. The number of hydrogen-bond donors (Lipinski definition) is 1. The minimum absolute atomic E-state index is 0.0635. The minimum Gasteiger partial charge on any atom is -0.344 e. The predicted molar refractivity (Wildman–Crippen MR) is 124 cm³/mol. The lowest BCUT2D eigenvalue weighted by Gasteiger charge is -2.26. The molecule has 2 unspecified atom stereocenters. The first-order valence-corrected chi connectivity index (χ1v) is 11.6. The highest BCUT2D eigenvalue weighted by Crippen LogP contribution is 2.23. The fourth-order valence-corrected chi connectivity index (χ4v) is 4.66. The lowest BCUT2D eigenvalue weighted by Crippen LogP contribution is -2.46. The average Bonchev–Trinajstić information content (AvgIpc) is 3.20. The molecular weight excluding hydrogens is 402 g/mol. The molecule has 2 aliphatic heterocycles. The van der Waals surface area contributed by atoms with Gasteiger partial charge in [-0.2, -0.15) is 0 Å². The van der Waals surface area contributed by atoms with Crippen LogP contribution in [0.1, 0.15) is 31.7 Å². The molecule has 2 aliphatic rings. The minimum atomic E-state index is -0.457. The lowest BCUT2D eigenvalue weighted by atomic mass is 9.95. The third-order valence-corrected chi connectivity index (χ3v) is 6.38. The fourth-order valence-electron chi connectivity index (χ4n) is 4.66. The van der Waals surface area contributed by atoms with E-state index in [9.17, 15) is 14.4 Å². The summed E-state index contributed by atoms with van der Waals surface area (Å²) >= 11 is 0. The summed E-state index contributed by atoms with van der Waals surface area (Å²) in [4.78, 5) is 41.6. The maximum Gasteiger partial charge on any atom is 0.245 e. The van der Waals surface area contributed by atoms with Crippen LogP contribution in [0.2, 0.25) is 0 Å². The summed E-state index contributed by atoms with van der Waals surface area (Å²) < 4.78 is 0. The molecule has 0 spiro atoms. The molecule has 0 saturated carbocycles. The average molecular weight is 434 g/mol. The molecule has 2 heterocycles. The summed E-state index contributed by atoms with van der Waals surface area (Å²) in [5.74, 6) is -0.305. The molecule has 0 aromatic heterocycles. The number of amides is 3. The van der Waals surface area contributed by atoms with E-state index in [0.29, 0.717) is 45.4 Å². The highest BCUT2D eigenvalue weighted by Gasteiger charge is 2.36. The van der Waals surface area contributed by atoms with Crippen molar-refractivity contribution < 1.29 is 14.4 Å². The van der Waals surface area contributed by atoms with Crippen molar-refractivity contribution in [1.29, 1.82) is 0 Å². The van der Waals surface area contributed by atoms with E-state index in [4.69, 9.17) is 0 Å². The van der Waals surface area contributed by atoms with E-state index in [0.717, 1.165) is 23.1 Å². The molecule has 3 amide bonds. The maximum atomic E-state index is 13.3. The van der Waals surface area contributed by atoms with Gasteiger partial charge in [-0.15, -0.1) is 0 Å². The highest BCUT2D eigenvalue weighted by atomic mass is 16.2. The van der Waals surface area contributed by atoms with E-state index in [2.05, 4.69) is 48.6 Å². The second-order valence-corrected chi connectivity index (χ2v) is 8.73. The Morgan fingerprint density at radius 1 is 1.00 bits per heavy atom. The number of carbonyl (C=O) groups is 3. The van der Waals surface area contributed by atoms with E-state index in [1.807, 2.05) is 23.1 Å². The van der Waals surface area contributed by atoms with Gasteiger partial charge in [0.2, 0.25) is 17.7 Å². The van der Waals surface area contributed by atoms with E-state index in [-0.39, 0.29) is 23.6 Å². The molecule has 2 fully saturated rings. The van der Waals surface area contributed by atoms with Crippen molar-refractivity contribution in [2.24, 2.45) is 5.92 Å². The van der Waals surface area contributed by atoms with Crippen molar-refractivity contribution >= 4 is 17.7 Å². The molecule has 2 aromatic carbocycles. The summed E-state index contributed by atoms with van der Waals surface area (Å²) in [5, 5.41) is 2.78. The van der Waals surface area contributed by atoms with Gasteiger partial charge in [0, 0.05) is 32.6 Å². The molecule has 32 heavy (non-hydrogen) atoms. The molecule has 6 nitrogen and oxygen atoms in total. The Morgan fingerprint density at radius 2 is 1.72 bits per heavy atom. The van der Waals surface area contributed by atoms with Crippen LogP contribution in [0, 0.1) is 5.92 Å². The second kappa shape index (κ2) is 9.98. The van der Waals surface area contributed by atoms with Crippen LogP contribution in [-0.4, -0.2) is 59.7 Å². The zero-order chi connectivity index (χ0) is 22.5. The number of benzene rings is 2. The molecule has 2 aromatic rings. The molecule has 0 radical (unpaired) electrons. The largest absolute Gasteiger partial charge is 0.344 e. The first-order chi connectivity index (χ1) is 15.5. The zero-order valence-corrected chi connectivity index (χ0v) is 18.6. The molecule has 2 saturated heterocycles. The summed E-state index contributed by atoms with van der Waals surface area (Å²) in [6.07, 6.45) is 2.40. The van der Waals surface area contributed by atoms with Gasteiger partial charge in [0.1, 0.15) is 6.04 Å². The van der Waals surface area contributed by atoms with E-state index in [1.54, 1.807) is 4.90 Å². The Bertz CT molecular complexity index is 958. The molecule has 4 rings (SSSR count). The number of nitrogens with zero attached hydrogens (tertiary/aromatic N) is 2. The smallest absolute Gasteiger partial charge is 0.245 e. The van der Waals surface area contributed by atoms with Gasteiger partial charge in [-0.1, -0.05) is 61.5 Å². The van der Waals surface area contributed by atoms with Crippen LogP contribution >= 0.6 is 0 Å². The van der Waals surface area contributed by atoms with Crippen LogP contribution in [0.3, 0.4) is 0 Å². The van der Waals surface area contributed by atoms with Gasteiger partial charge in [-0.25, -0.2) is 0 Å².